The van der Waals surface area contributed by atoms with Gasteiger partial charge in [-0.3, -0.25) is 4.79 Å². The minimum Gasteiger partial charge on any atom is -0.342 e. The van der Waals surface area contributed by atoms with Crippen LogP contribution in [0.2, 0.25) is 5.02 Å². The number of carbonyl (C=O) groups is 1. The van der Waals surface area contributed by atoms with E-state index in [1.807, 2.05) is 18.2 Å². The number of amides is 1. The highest BCUT2D eigenvalue weighted by molar-refractivity contribution is 6.30. The molecule has 0 radical (unpaired) electrons. The van der Waals surface area contributed by atoms with E-state index in [4.69, 9.17) is 11.6 Å². The van der Waals surface area contributed by atoms with Gasteiger partial charge in [0, 0.05) is 24.2 Å². The molecule has 1 amide bonds. The number of piperidine rings is 1. The Bertz CT molecular complexity index is 629. The molecule has 1 heterocycles. The molecule has 3 fully saturated rings. The van der Waals surface area contributed by atoms with Gasteiger partial charge in [-0.2, -0.15) is 0 Å². The lowest BCUT2D eigenvalue weighted by Crippen LogP contribution is -2.50. The second kappa shape index (κ2) is 7.90. The summed E-state index contributed by atoms with van der Waals surface area (Å²) in [7, 11) is 0. The summed E-state index contributed by atoms with van der Waals surface area (Å²) >= 11 is 6.17. The van der Waals surface area contributed by atoms with Crippen molar-refractivity contribution in [3.05, 3.63) is 34.9 Å². The first-order valence-electron chi connectivity index (χ1n) is 10.4. The smallest absolute Gasteiger partial charge is 0.229 e. The van der Waals surface area contributed by atoms with Crippen molar-refractivity contribution >= 4 is 17.5 Å². The van der Waals surface area contributed by atoms with E-state index in [1.54, 1.807) is 0 Å². The molecular formula is C22H31ClN2O. The first-order chi connectivity index (χ1) is 12.6. The second-order valence-corrected chi connectivity index (χ2v) is 9.15. The van der Waals surface area contributed by atoms with Gasteiger partial charge in [0.25, 0.3) is 0 Å². The molecule has 0 spiro atoms. The normalized spacial score (nSPS) is 23.3. The van der Waals surface area contributed by atoms with Gasteiger partial charge >= 0.3 is 0 Å². The zero-order valence-electron chi connectivity index (χ0n) is 15.7. The molecule has 4 heteroatoms. The summed E-state index contributed by atoms with van der Waals surface area (Å²) < 4.78 is 0. The van der Waals surface area contributed by atoms with E-state index in [0.717, 1.165) is 56.1 Å². The fourth-order valence-electron chi connectivity index (χ4n) is 4.83. The van der Waals surface area contributed by atoms with Gasteiger partial charge in [0.1, 0.15) is 0 Å². The minimum atomic E-state index is -0.195. The first-order valence-corrected chi connectivity index (χ1v) is 10.8. The molecule has 0 bridgehead atoms. The highest BCUT2D eigenvalue weighted by Crippen LogP contribution is 2.43. The molecule has 4 rings (SSSR count). The number of likely N-dealkylation sites (tertiary alicyclic amines) is 1. The maximum absolute atomic E-state index is 13.5. The van der Waals surface area contributed by atoms with Crippen molar-refractivity contribution in [3.63, 3.8) is 0 Å². The van der Waals surface area contributed by atoms with Crippen molar-refractivity contribution in [2.45, 2.75) is 63.8 Å². The van der Waals surface area contributed by atoms with E-state index in [9.17, 15) is 4.79 Å². The van der Waals surface area contributed by atoms with Crippen LogP contribution in [-0.4, -0.2) is 36.5 Å². The minimum absolute atomic E-state index is 0.195. The van der Waals surface area contributed by atoms with Crippen LogP contribution in [0, 0.1) is 11.3 Å². The number of hydrogen-bond donors (Lipinski definition) is 1. The number of benzene rings is 1. The monoisotopic (exact) mass is 374 g/mol. The second-order valence-electron chi connectivity index (χ2n) is 8.71. The average Bonchev–Trinajstić information content (AvgIpc) is 3.37. The van der Waals surface area contributed by atoms with Crippen LogP contribution in [0.1, 0.15) is 56.9 Å². The Morgan fingerprint density at radius 2 is 1.88 bits per heavy atom. The van der Waals surface area contributed by atoms with E-state index in [1.165, 1.54) is 37.8 Å². The maximum atomic E-state index is 13.5. The summed E-state index contributed by atoms with van der Waals surface area (Å²) in [6, 6.07) is 8.66. The lowest BCUT2D eigenvalue weighted by atomic mass is 9.78. The van der Waals surface area contributed by atoms with E-state index in [0.29, 0.717) is 11.9 Å². The van der Waals surface area contributed by atoms with E-state index in [2.05, 4.69) is 16.3 Å². The van der Waals surface area contributed by atoms with Crippen LogP contribution in [-0.2, 0) is 11.2 Å². The molecule has 0 aromatic heterocycles. The fraction of sp³-hybridized carbons (Fsp3) is 0.682. The highest BCUT2D eigenvalue weighted by atomic mass is 35.5. The standard InChI is InChI=1S/C22H31ClN2O/c23-19-5-3-4-18(14-19)15-22(10-1-2-11-22)21(26)25-12-8-20(9-13-25)24-16-17-6-7-17/h3-5,14,17,20,24H,1-2,6-13,15-16H2. The van der Waals surface area contributed by atoms with Crippen LogP contribution >= 0.6 is 11.6 Å². The third-order valence-corrected chi connectivity index (χ3v) is 6.86. The zero-order valence-corrected chi connectivity index (χ0v) is 16.4. The van der Waals surface area contributed by atoms with Gasteiger partial charge < -0.3 is 10.2 Å². The van der Waals surface area contributed by atoms with Gasteiger partial charge in [0.15, 0.2) is 0 Å². The SMILES string of the molecule is O=C(N1CCC(NCC2CC2)CC1)C1(Cc2cccc(Cl)c2)CCCC1. The Morgan fingerprint density at radius 3 is 2.54 bits per heavy atom. The van der Waals surface area contributed by atoms with Crippen molar-refractivity contribution in [1.29, 1.82) is 0 Å². The Hall–Kier alpha value is -1.06. The fourth-order valence-corrected chi connectivity index (χ4v) is 5.05. The number of halogens is 1. The van der Waals surface area contributed by atoms with Crippen LogP contribution in [0.3, 0.4) is 0 Å². The third kappa shape index (κ3) is 4.26. The Balaban J connectivity index is 1.37. The number of nitrogens with zero attached hydrogens (tertiary/aromatic N) is 1. The zero-order chi connectivity index (χ0) is 18.0. The van der Waals surface area contributed by atoms with Crippen LogP contribution < -0.4 is 5.32 Å². The lowest BCUT2D eigenvalue weighted by molar-refractivity contribution is -0.143. The summed E-state index contributed by atoms with van der Waals surface area (Å²) in [5.41, 5.74) is 1.01. The predicted molar refractivity (Wildman–Crippen MR) is 106 cm³/mol. The number of hydrogen-bond acceptors (Lipinski definition) is 2. The molecule has 1 aromatic rings. The number of nitrogens with one attached hydrogen (secondary N) is 1. The molecule has 3 aliphatic rings. The molecule has 1 aliphatic heterocycles. The molecule has 26 heavy (non-hydrogen) atoms. The van der Waals surface area contributed by atoms with Crippen molar-refractivity contribution < 1.29 is 4.79 Å². The van der Waals surface area contributed by atoms with E-state index in [-0.39, 0.29) is 5.41 Å². The van der Waals surface area contributed by atoms with E-state index >= 15 is 0 Å². The third-order valence-electron chi connectivity index (χ3n) is 6.62. The average molecular weight is 375 g/mol. The molecule has 1 N–H and O–H groups in total. The summed E-state index contributed by atoms with van der Waals surface area (Å²) in [5.74, 6) is 1.32. The quantitative estimate of drug-likeness (QED) is 0.798. The topological polar surface area (TPSA) is 32.3 Å². The maximum Gasteiger partial charge on any atom is 0.229 e. The number of carbonyl (C=O) groups excluding carboxylic acids is 1. The molecule has 142 valence electrons. The van der Waals surface area contributed by atoms with Gasteiger partial charge in [0.2, 0.25) is 5.91 Å². The number of rotatable bonds is 6. The molecule has 3 nitrogen and oxygen atoms in total. The van der Waals surface area contributed by atoms with Crippen LogP contribution in [0.15, 0.2) is 24.3 Å². The van der Waals surface area contributed by atoms with Crippen LogP contribution in [0.4, 0.5) is 0 Å². The first kappa shape index (κ1) is 18.3. The van der Waals surface area contributed by atoms with Crippen molar-refractivity contribution in [2.75, 3.05) is 19.6 Å². The summed E-state index contributed by atoms with van der Waals surface area (Å²) in [5, 5.41) is 4.48. The van der Waals surface area contributed by atoms with Crippen LogP contribution in [0.25, 0.3) is 0 Å². The molecule has 1 aromatic carbocycles. The Labute approximate surface area is 162 Å². The molecule has 2 aliphatic carbocycles. The predicted octanol–water partition coefficient (Wildman–Crippen LogP) is 4.43. The molecule has 0 unspecified atom stereocenters. The van der Waals surface area contributed by atoms with Crippen molar-refractivity contribution in [3.8, 4) is 0 Å². The Kier molecular flexibility index (Phi) is 5.56. The van der Waals surface area contributed by atoms with Gasteiger partial charge in [-0.05, 0) is 75.1 Å². The van der Waals surface area contributed by atoms with Crippen molar-refractivity contribution in [1.82, 2.24) is 10.2 Å². The van der Waals surface area contributed by atoms with Crippen LogP contribution in [0.5, 0.6) is 0 Å². The van der Waals surface area contributed by atoms with Gasteiger partial charge in [-0.15, -0.1) is 0 Å². The van der Waals surface area contributed by atoms with Gasteiger partial charge in [-0.1, -0.05) is 36.6 Å². The molecular weight excluding hydrogens is 344 g/mol. The van der Waals surface area contributed by atoms with Gasteiger partial charge in [-0.25, -0.2) is 0 Å². The summed E-state index contributed by atoms with van der Waals surface area (Å²) in [6.45, 7) is 3.01. The van der Waals surface area contributed by atoms with Crippen molar-refractivity contribution in [2.24, 2.45) is 11.3 Å². The molecule has 0 atom stereocenters. The molecule has 1 saturated heterocycles. The highest BCUT2D eigenvalue weighted by Gasteiger charge is 2.44. The molecule has 2 saturated carbocycles. The lowest BCUT2D eigenvalue weighted by Gasteiger charge is -2.39. The van der Waals surface area contributed by atoms with E-state index < -0.39 is 0 Å². The van der Waals surface area contributed by atoms with Gasteiger partial charge in [0.05, 0.1) is 5.41 Å². The Morgan fingerprint density at radius 1 is 1.15 bits per heavy atom. The summed E-state index contributed by atoms with van der Waals surface area (Å²) in [4.78, 5) is 15.6. The summed E-state index contributed by atoms with van der Waals surface area (Å²) in [6.07, 6.45) is 10.2. The largest absolute Gasteiger partial charge is 0.342 e.